The maximum absolute atomic E-state index is 5.28. The Bertz CT molecular complexity index is 140. The number of ether oxygens (including phenoxy) is 1. The standard InChI is InChI=1S/C15H33NO/c1-5-11-15(14-17-4)12-9-8-10-13-16(6-2)7-3/h15H,5-14H2,1-4H3/t15-/m0/s1. The van der Waals surface area contributed by atoms with Crippen LogP contribution >= 0.6 is 0 Å². The fourth-order valence-electron chi connectivity index (χ4n) is 2.44. The molecule has 2 heteroatoms. The van der Waals surface area contributed by atoms with Gasteiger partial charge in [-0.2, -0.15) is 0 Å². The van der Waals surface area contributed by atoms with Crippen molar-refractivity contribution in [2.75, 3.05) is 33.4 Å². The average Bonchev–Trinajstić information content (AvgIpc) is 2.34. The van der Waals surface area contributed by atoms with Gasteiger partial charge in [0.2, 0.25) is 0 Å². The van der Waals surface area contributed by atoms with Gasteiger partial charge in [-0.05, 0) is 44.8 Å². The van der Waals surface area contributed by atoms with Crippen molar-refractivity contribution in [2.24, 2.45) is 5.92 Å². The third-order valence-corrected chi connectivity index (χ3v) is 3.58. The normalized spacial score (nSPS) is 13.2. The van der Waals surface area contributed by atoms with Gasteiger partial charge in [-0.3, -0.25) is 0 Å². The highest BCUT2D eigenvalue weighted by Gasteiger charge is 2.07. The van der Waals surface area contributed by atoms with E-state index in [1.165, 1.54) is 58.2 Å². The van der Waals surface area contributed by atoms with Crippen molar-refractivity contribution in [3.63, 3.8) is 0 Å². The van der Waals surface area contributed by atoms with Crippen LogP contribution in [0.1, 0.15) is 59.3 Å². The van der Waals surface area contributed by atoms with E-state index in [0.29, 0.717) is 0 Å². The fraction of sp³-hybridized carbons (Fsp3) is 1.00. The summed E-state index contributed by atoms with van der Waals surface area (Å²) in [6.07, 6.45) is 8.06. The Hall–Kier alpha value is -0.0800. The third kappa shape index (κ3) is 9.61. The molecule has 2 nitrogen and oxygen atoms in total. The third-order valence-electron chi connectivity index (χ3n) is 3.58. The van der Waals surface area contributed by atoms with Crippen LogP contribution in [0.25, 0.3) is 0 Å². The molecule has 0 saturated heterocycles. The Morgan fingerprint density at radius 1 is 0.941 bits per heavy atom. The van der Waals surface area contributed by atoms with Gasteiger partial charge in [-0.25, -0.2) is 0 Å². The maximum atomic E-state index is 5.28. The minimum atomic E-state index is 0.790. The summed E-state index contributed by atoms with van der Waals surface area (Å²) in [5.74, 6) is 0.790. The second-order valence-corrected chi connectivity index (χ2v) is 4.99. The lowest BCUT2D eigenvalue weighted by atomic mass is 9.97. The van der Waals surface area contributed by atoms with Crippen molar-refractivity contribution in [2.45, 2.75) is 59.3 Å². The molecular weight excluding hydrogens is 210 g/mol. The number of rotatable bonds is 12. The molecule has 0 aliphatic rings. The van der Waals surface area contributed by atoms with Crippen LogP contribution in [0.3, 0.4) is 0 Å². The molecule has 0 unspecified atom stereocenters. The molecule has 0 saturated carbocycles. The van der Waals surface area contributed by atoms with E-state index in [-0.39, 0.29) is 0 Å². The lowest BCUT2D eigenvalue weighted by Crippen LogP contribution is -2.23. The van der Waals surface area contributed by atoms with E-state index in [1.807, 2.05) is 7.11 Å². The fourth-order valence-corrected chi connectivity index (χ4v) is 2.44. The molecule has 0 heterocycles. The predicted molar refractivity (Wildman–Crippen MR) is 76.5 cm³/mol. The van der Waals surface area contributed by atoms with E-state index < -0.39 is 0 Å². The van der Waals surface area contributed by atoms with Gasteiger partial charge < -0.3 is 9.64 Å². The molecule has 1 atom stereocenters. The SMILES string of the molecule is CCC[C@@H](CCCCCN(CC)CC)COC. The molecule has 0 aromatic rings. The molecule has 0 amide bonds. The first-order chi connectivity index (χ1) is 8.28. The van der Waals surface area contributed by atoms with Crippen molar-refractivity contribution in [3.05, 3.63) is 0 Å². The molecule has 0 aromatic carbocycles. The second kappa shape index (κ2) is 12.4. The van der Waals surface area contributed by atoms with Gasteiger partial charge >= 0.3 is 0 Å². The number of hydrogen-bond acceptors (Lipinski definition) is 2. The quantitative estimate of drug-likeness (QED) is 0.481. The first kappa shape index (κ1) is 16.9. The molecule has 0 rings (SSSR count). The van der Waals surface area contributed by atoms with Crippen molar-refractivity contribution >= 4 is 0 Å². The lowest BCUT2D eigenvalue weighted by Gasteiger charge is -2.18. The van der Waals surface area contributed by atoms with Gasteiger partial charge in [0.25, 0.3) is 0 Å². The van der Waals surface area contributed by atoms with Gasteiger partial charge in [0.15, 0.2) is 0 Å². The highest BCUT2D eigenvalue weighted by Crippen LogP contribution is 2.16. The smallest absolute Gasteiger partial charge is 0.0490 e. The zero-order chi connectivity index (χ0) is 12.9. The summed E-state index contributed by atoms with van der Waals surface area (Å²) < 4.78 is 5.28. The van der Waals surface area contributed by atoms with Crippen LogP contribution in [0.15, 0.2) is 0 Å². The molecule has 0 aromatic heterocycles. The summed E-state index contributed by atoms with van der Waals surface area (Å²) in [4.78, 5) is 2.51. The summed E-state index contributed by atoms with van der Waals surface area (Å²) in [6, 6.07) is 0. The number of nitrogens with zero attached hydrogens (tertiary/aromatic N) is 1. The van der Waals surface area contributed by atoms with Crippen LogP contribution in [0.2, 0.25) is 0 Å². The van der Waals surface area contributed by atoms with E-state index >= 15 is 0 Å². The first-order valence-corrected chi connectivity index (χ1v) is 7.49. The maximum Gasteiger partial charge on any atom is 0.0490 e. The van der Waals surface area contributed by atoms with E-state index in [1.54, 1.807) is 0 Å². The van der Waals surface area contributed by atoms with E-state index in [9.17, 15) is 0 Å². The van der Waals surface area contributed by atoms with Gasteiger partial charge in [0, 0.05) is 13.7 Å². The molecule has 0 aliphatic carbocycles. The van der Waals surface area contributed by atoms with Gasteiger partial charge in [0.1, 0.15) is 0 Å². The summed E-state index contributed by atoms with van der Waals surface area (Å²) >= 11 is 0. The Kier molecular flexibility index (Phi) is 12.3. The molecule has 0 radical (unpaired) electrons. The topological polar surface area (TPSA) is 12.5 Å². The Morgan fingerprint density at radius 3 is 2.18 bits per heavy atom. The highest BCUT2D eigenvalue weighted by atomic mass is 16.5. The molecule has 0 aliphatic heterocycles. The predicted octanol–water partition coefficient (Wildman–Crippen LogP) is 3.95. The van der Waals surface area contributed by atoms with Crippen LogP contribution in [0, 0.1) is 5.92 Å². The monoisotopic (exact) mass is 243 g/mol. The van der Waals surface area contributed by atoms with Crippen molar-refractivity contribution in [1.29, 1.82) is 0 Å². The lowest BCUT2D eigenvalue weighted by molar-refractivity contribution is 0.141. The summed E-state index contributed by atoms with van der Waals surface area (Å²) in [5, 5.41) is 0. The molecule has 0 N–H and O–H groups in total. The highest BCUT2D eigenvalue weighted by molar-refractivity contribution is 4.59. The minimum absolute atomic E-state index is 0.790. The van der Waals surface area contributed by atoms with E-state index in [4.69, 9.17) is 4.74 Å². The summed E-state index contributed by atoms with van der Waals surface area (Å²) in [6.45, 7) is 11.4. The van der Waals surface area contributed by atoms with Crippen LogP contribution in [0.5, 0.6) is 0 Å². The molecule has 0 spiro atoms. The number of hydrogen-bond donors (Lipinski definition) is 0. The van der Waals surface area contributed by atoms with Crippen LogP contribution < -0.4 is 0 Å². The first-order valence-electron chi connectivity index (χ1n) is 7.49. The molecule has 104 valence electrons. The van der Waals surface area contributed by atoms with Crippen molar-refractivity contribution in [1.82, 2.24) is 4.90 Å². The van der Waals surface area contributed by atoms with Crippen molar-refractivity contribution < 1.29 is 4.74 Å². The summed E-state index contributed by atoms with van der Waals surface area (Å²) in [7, 11) is 1.82. The molecule has 0 bridgehead atoms. The van der Waals surface area contributed by atoms with Gasteiger partial charge in [0.05, 0.1) is 0 Å². The number of methoxy groups -OCH3 is 1. The Labute approximate surface area is 109 Å². The van der Waals surface area contributed by atoms with Crippen LogP contribution in [0.4, 0.5) is 0 Å². The van der Waals surface area contributed by atoms with Gasteiger partial charge in [-0.15, -0.1) is 0 Å². The van der Waals surface area contributed by atoms with E-state index in [0.717, 1.165) is 12.5 Å². The van der Waals surface area contributed by atoms with E-state index in [2.05, 4.69) is 25.7 Å². The minimum Gasteiger partial charge on any atom is -0.384 e. The second-order valence-electron chi connectivity index (χ2n) is 4.99. The zero-order valence-corrected chi connectivity index (χ0v) is 12.5. The van der Waals surface area contributed by atoms with Crippen molar-refractivity contribution in [3.8, 4) is 0 Å². The molecular formula is C15H33NO. The largest absolute Gasteiger partial charge is 0.384 e. The van der Waals surface area contributed by atoms with Gasteiger partial charge in [-0.1, -0.05) is 40.0 Å². The zero-order valence-electron chi connectivity index (χ0n) is 12.5. The Morgan fingerprint density at radius 2 is 1.65 bits per heavy atom. The van der Waals surface area contributed by atoms with Crippen LogP contribution in [-0.4, -0.2) is 38.3 Å². The number of unbranched alkanes of at least 4 members (excludes halogenated alkanes) is 2. The molecule has 0 fully saturated rings. The Balaban J connectivity index is 3.46. The average molecular weight is 243 g/mol. The molecule has 17 heavy (non-hydrogen) atoms. The summed E-state index contributed by atoms with van der Waals surface area (Å²) in [5.41, 5.74) is 0. The van der Waals surface area contributed by atoms with Crippen LogP contribution in [-0.2, 0) is 4.74 Å².